The number of carboxylic acids is 1. The van der Waals surface area contributed by atoms with Crippen LogP contribution in [-0.4, -0.2) is 17.2 Å². The Morgan fingerprint density at radius 2 is 1.74 bits per heavy atom. The number of ether oxygens (including phenoxy) is 2. The number of hydrogen-bond acceptors (Lipinski definition) is 3. The first-order chi connectivity index (χ1) is 14.8. The molecule has 2 bridgehead atoms. The van der Waals surface area contributed by atoms with Crippen LogP contribution in [0.2, 0.25) is 0 Å². The minimum Gasteiger partial charge on any atom is -0.489 e. The molecule has 4 rings (SSSR count). The molecule has 3 atom stereocenters. The normalized spacial score (nSPS) is 26.2. The summed E-state index contributed by atoms with van der Waals surface area (Å²) in [6, 6.07) is 16.1. The van der Waals surface area contributed by atoms with E-state index in [4.69, 9.17) is 14.6 Å². The third kappa shape index (κ3) is 4.50. The Hall–Kier alpha value is -2.33. The highest BCUT2D eigenvalue weighted by Crippen LogP contribution is 2.66. The molecule has 31 heavy (non-hydrogen) atoms. The van der Waals surface area contributed by atoms with E-state index in [2.05, 4.69) is 45.0 Å². The van der Waals surface area contributed by atoms with Gasteiger partial charge >= 0.3 is 5.97 Å². The SMILES string of the molecule is CC1(C)[C@H]2CC[C@]1(C)[C@H](OCc1cccc(COc3ccc(CCC(=O)O)cc3)c1)C2. The van der Waals surface area contributed by atoms with Gasteiger partial charge in [-0.3, -0.25) is 4.79 Å². The zero-order valence-electron chi connectivity index (χ0n) is 18.9. The van der Waals surface area contributed by atoms with Crippen LogP contribution >= 0.6 is 0 Å². The second kappa shape index (κ2) is 8.66. The Balaban J connectivity index is 1.29. The van der Waals surface area contributed by atoms with Crippen LogP contribution in [-0.2, 0) is 29.2 Å². The number of fused-ring (bicyclic) bond motifs is 2. The lowest BCUT2D eigenvalue weighted by atomic mass is 9.70. The van der Waals surface area contributed by atoms with Gasteiger partial charge in [-0.05, 0) is 71.3 Å². The number of benzene rings is 2. The zero-order chi connectivity index (χ0) is 22.1. The van der Waals surface area contributed by atoms with Gasteiger partial charge in [0.15, 0.2) is 0 Å². The highest BCUT2D eigenvalue weighted by Gasteiger charge is 2.61. The summed E-state index contributed by atoms with van der Waals surface area (Å²) in [5.41, 5.74) is 3.97. The third-order valence-corrected chi connectivity index (χ3v) is 8.11. The summed E-state index contributed by atoms with van der Waals surface area (Å²) in [5.74, 6) is 0.804. The predicted molar refractivity (Wildman–Crippen MR) is 121 cm³/mol. The zero-order valence-corrected chi connectivity index (χ0v) is 18.9. The molecule has 2 fully saturated rings. The fourth-order valence-corrected chi connectivity index (χ4v) is 5.56. The molecule has 0 amide bonds. The van der Waals surface area contributed by atoms with E-state index < -0.39 is 5.97 Å². The van der Waals surface area contributed by atoms with Gasteiger partial charge in [0.05, 0.1) is 12.7 Å². The average Bonchev–Trinajstić information content (AvgIpc) is 3.09. The number of hydrogen-bond donors (Lipinski definition) is 1. The minimum atomic E-state index is -0.776. The van der Waals surface area contributed by atoms with Gasteiger partial charge < -0.3 is 14.6 Å². The predicted octanol–water partition coefficient (Wildman–Crippen LogP) is 6.01. The fourth-order valence-electron chi connectivity index (χ4n) is 5.56. The van der Waals surface area contributed by atoms with E-state index in [1.807, 2.05) is 24.3 Å². The van der Waals surface area contributed by atoms with Gasteiger partial charge in [-0.1, -0.05) is 57.2 Å². The van der Waals surface area contributed by atoms with Crippen LogP contribution in [0.4, 0.5) is 0 Å². The monoisotopic (exact) mass is 422 g/mol. The van der Waals surface area contributed by atoms with Crippen LogP contribution in [0.25, 0.3) is 0 Å². The quantitative estimate of drug-likeness (QED) is 0.537. The molecule has 2 aromatic carbocycles. The van der Waals surface area contributed by atoms with Crippen LogP contribution < -0.4 is 4.74 Å². The highest BCUT2D eigenvalue weighted by molar-refractivity contribution is 5.67. The standard InChI is InChI=1S/C27H34O4/c1-26(2)22-13-14-27(26,3)24(16-22)31-18-21-6-4-5-20(15-21)17-30-23-10-7-19(8-11-23)9-12-25(28)29/h4-8,10-11,15,22,24H,9,12-14,16-18H2,1-3H3,(H,28,29)/t22-,24+,27+/m0/s1. The number of rotatable bonds is 9. The molecule has 2 saturated carbocycles. The number of aryl methyl sites for hydroxylation is 1. The van der Waals surface area contributed by atoms with Gasteiger partial charge in [0, 0.05) is 6.42 Å². The number of carbonyl (C=O) groups is 1. The summed E-state index contributed by atoms with van der Waals surface area (Å²) in [6.45, 7) is 8.41. The van der Waals surface area contributed by atoms with Crippen molar-refractivity contribution in [2.24, 2.45) is 16.7 Å². The van der Waals surface area contributed by atoms with Gasteiger partial charge in [0.1, 0.15) is 12.4 Å². The first kappa shape index (κ1) is 21.9. The summed E-state index contributed by atoms with van der Waals surface area (Å²) in [7, 11) is 0. The molecule has 0 spiro atoms. The van der Waals surface area contributed by atoms with Crippen LogP contribution in [0, 0.1) is 16.7 Å². The molecule has 4 nitrogen and oxygen atoms in total. The van der Waals surface area contributed by atoms with Crippen molar-refractivity contribution in [2.45, 2.75) is 72.2 Å². The maximum absolute atomic E-state index is 10.7. The van der Waals surface area contributed by atoms with Crippen molar-refractivity contribution >= 4 is 5.97 Å². The van der Waals surface area contributed by atoms with Gasteiger partial charge in [0.25, 0.3) is 0 Å². The molecule has 0 radical (unpaired) electrons. The van der Waals surface area contributed by atoms with E-state index in [0.29, 0.717) is 31.2 Å². The first-order valence-electron chi connectivity index (χ1n) is 11.4. The van der Waals surface area contributed by atoms with Crippen molar-refractivity contribution < 1.29 is 19.4 Å². The minimum absolute atomic E-state index is 0.146. The third-order valence-electron chi connectivity index (χ3n) is 8.11. The van der Waals surface area contributed by atoms with Crippen molar-refractivity contribution in [3.05, 3.63) is 65.2 Å². The summed E-state index contributed by atoms with van der Waals surface area (Å²) in [5, 5.41) is 8.79. The maximum atomic E-state index is 10.7. The molecule has 2 aromatic rings. The Morgan fingerprint density at radius 3 is 2.35 bits per heavy atom. The topological polar surface area (TPSA) is 55.8 Å². The second-order valence-electron chi connectivity index (χ2n) is 10.1. The van der Waals surface area contributed by atoms with Gasteiger partial charge in [-0.15, -0.1) is 0 Å². The highest BCUT2D eigenvalue weighted by atomic mass is 16.5. The number of carboxylic acid groups (broad SMARTS) is 1. The molecule has 2 aliphatic carbocycles. The molecule has 4 heteroatoms. The molecule has 0 saturated heterocycles. The number of aliphatic carboxylic acids is 1. The van der Waals surface area contributed by atoms with Crippen molar-refractivity contribution in [2.75, 3.05) is 0 Å². The molecule has 0 aliphatic heterocycles. The molecule has 1 N–H and O–H groups in total. The van der Waals surface area contributed by atoms with Crippen molar-refractivity contribution in [3.63, 3.8) is 0 Å². The molecule has 166 valence electrons. The van der Waals surface area contributed by atoms with E-state index in [0.717, 1.165) is 22.8 Å². The second-order valence-corrected chi connectivity index (χ2v) is 10.1. The van der Waals surface area contributed by atoms with Crippen LogP contribution in [0.3, 0.4) is 0 Å². The summed E-state index contributed by atoms with van der Waals surface area (Å²) in [4.78, 5) is 10.7. The molecule has 0 aromatic heterocycles. The Morgan fingerprint density at radius 1 is 1.03 bits per heavy atom. The maximum Gasteiger partial charge on any atom is 0.303 e. The van der Waals surface area contributed by atoms with E-state index in [-0.39, 0.29) is 11.8 Å². The summed E-state index contributed by atoms with van der Waals surface area (Å²) >= 11 is 0. The van der Waals surface area contributed by atoms with Crippen LogP contribution in [0.15, 0.2) is 48.5 Å². The van der Waals surface area contributed by atoms with E-state index in [1.54, 1.807) is 0 Å². The van der Waals surface area contributed by atoms with Crippen molar-refractivity contribution in [1.82, 2.24) is 0 Å². The molecular formula is C27H34O4. The van der Waals surface area contributed by atoms with Gasteiger partial charge in [-0.2, -0.15) is 0 Å². The van der Waals surface area contributed by atoms with E-state index in [9.17, 15) is 4.79 Å². The smallest absolute Gasteiger partial charge is 0.303 e. The van der Waals surface area contributed by atoms with Gasteiger partial charge in [0.2, 0.25) is 0 Å². The van der Waals surface area contributed by atoms with Gasteiger partial charge in [-0.25, -0.2) is 0 Å². The lowest BCUT2D eigenvalue weighted by Crippen LogP contribution is -2.37. The fraction of sp³-hybridized carbons (Fsp3) is 0.519. The van der Waals surface area contributed by atoms with E-state index >= 15 is 0 Å². The summed E-state index contributed by atoms with van der Waals surface area (Å²) < 4.78 is 12.4. The molecular weight excluding hydrogens is 388 g/mol. The lowest BCUT2D eigenvalue weighted by molar-refractivity contribution is -0.136. The Labute approximate surface area is 185 Å². The Kier molecular flexibility index (Phi) is 6.11. The first-order valence-corrected chi connectivity index (χ1v) is 11.4. The molecule has 0 heterocycles. The Bertz CT molecular complexity index is 917. The average molecular weight is 423 g/mol. The summed E-state index contributed by atoms with van der Waals surface area (Å²) in [6.07, 6.45) is 4.84. The van der Waals surface area contributed by atoms with Crippen molar-refractivity contribution in [1.29, 1.82) is 0 Å². The molecule has 0 unspecified atom stereocenters. The van der Waals surface area contributed by atoms with Crippen LogP contribution in [0.1, 0.15) is 63.1 Å². The lowest BCUT2D eigenvalue weighted by Gasteiger charge is -2.39. The van der Waals surface area contributed by atoms with Crippen LogP contribution in [0.5, 0.6) is 5.75 Å². The molecule has 2 aliphatic rings. The largest absolute Gasteiger partial charge is 0.489 e. The van der Waals surface area contributed by atoms with E-state index in [1.165, 1.54) is 24.8 Å². The van der Waals surface area contributed by atoms with Crippen molar-refractivity contribution in [3.8, 4) is 5.75 Å².